The van der Waals surface area contributed by atoms with Crippen LogP contribution in [-0.4, -0.2) is 22.8 Å². The molecule has 5 rings (SSSR count). The molecule has 212 valence electrons. The number of hydrogen-bond donors (Lipinski definition) is 1. The number of carbonyl (C=O) groups is 1. The van der Waals surface area contributed by atoms with Crippen molar-refractivity contribution in [2.24, 2.45) is 46.3 Å². The number of esters is 1. The van der Waals surface area contributed by atoms with Crippen LogP contribution in [0.3, 0.4) is 0 Å². The topological polar surface area (TPSA) is 46.5 Å². The van der Waals surface area contributed by atoms with E-state index in [4.69, 9.17) is 4.74 Å². The normalized spacial score (nSPS) is 41.9. The number of carbonyl (C=O) groups excluding carboxylic acids is 1. The Labute approximate surface area is 232 Å². The number of hydrogen-bond acceptors (Lipinski definition) is 3. The molecule has 3 heteroatoms. The molecular formula is C35H54O3. The second kappa shape index (κ2) is 10.9. The van der Waals surface area contributed by atoms with E-state index in [1.54, 1.807) is 0 Å². The van der Waals surface area contributed by atoms with Gasteiger partial charge in [0.05, 0.1) is 11.2 Å². The second-order valence-corrected chi connectivity index (χ2v) is 14.5. The lowest BCUT2D eigenvalue weighted by atomic mass is 9.43. The summed E-state index contributed by atoms with van der Waals surface area (Å²) in [6, 6.07) is 9.43. The molecule has 0 amide bonds. The molecule has 0 unspecified atom stereocenters. The third-order valence-corrected chi connectivity index (χ3v) is 12.9. The lowest BCUT2D eigenvalue weighted by Gasteiger charge is -2.62. The maximum absolute atomic E-state index is 12.6. The van der Waals surface area contributed by atoms with Crippen molar-refractivity contribution in [1.29, 1.82) is 0 Å². The summed E-state index contributed by atoms with van der Waals surface area (Å²) in [5.41, 5.74) is 1.15. The number of aliphatic hydroxyl groups is 1. The molecule has 0 radical (unpaired) electrons. The van der Waals surface area contributed by atoms with E-state index in [1.807, 2.05) is 30.3 Å². The lowest BCUT2D eigenvalue weighted by Crippen LogP contribution is -2.56. The van der Waals surface area contributed by atoms with Crippen molar-refractivity contribution in [2.45, 2.75) is 130 Å². The first-order valence-corrected chi connectivity index (χ1v) is 16.1. The maximum Gasteiger partial charge on any atom is 0.338 e. The first kappa shape index (κ1) is 28.2. The molecule has 4 aliphatic carbocycles. The third kappa shape index (κ3) is 4.99. The molecule has 4 saturated carbocycles. The fraction of sp³-hybridized carbons (Fsp3) is 0.800. The van der Waals surface area contributed by atoms with Gasteiger partial charge in [-0.25, -0.2) is 4.79 Å². The smallest absolute Gasteiger partial charge is 0.338 e. The molecule has 38 heavy (non-hydrogen) atoms. The zero-order valence-electron chi connectivity index (χ0n) is 24.9. The Morgan fingerprint density at radius 2 is 1.68 bits per heavy atom. The number of rotatable bonds is 8. The van der Waals surface area contributed by atoms with Crippen molar-refractivity contribution in [1.82, 2.24) is 0 Å². The van der Waals surface area contributed by atoms with E-state index >= 15 is 0 Å². The summed E-state index contributed by atoms with van der Waals surface area (Å²) >= 11 is 0. The van der Waals surface area contributed by atoms with Crippen molar-refractivity contribution in [3.8, 4) is 0 Å². The van der Waals surface area contributed by atoms with Crippen LogP contribution in [0.1, 0.15) is 128 Å². The van der Waals surface area contributed by atoms with Crippen LogP contribution in [0.25, 0.3) is 0 Å². The number of ether oxygens (including phenoxy) is 1. The fourth-order valence-electron chi connectivity index (χ4n) is 10.4. The molecule has 0 bridgehead atoms. The van der Waals surface area contributed by atoms with E-state index in [-0.39, 0.29) is 12.1 Å². The van der Waals surface area contributed by atoms with E-state index in [0.29, 0.717) is 28.2 Å². The maximum atomic E-state index is 12.6. The quantitative estimate of drug-likeness (QED) is 0.347. The third-order valence-electron chi connectivity index (χ3n) is 12.9. The van der Waals surface area contributed by atoms with Gasteiger partial charge in [0.2, 0.25) is 0 Å². The van der Waals surface area contributed by atoms with Crippen molar-refractivity contribution in [3.05, 3.63) is 35.9 Å². The molecule has 1 aromatic carbocycles. The minimum absolute atomic E-state index is 0.00851. The van der Waals surface area contributed by atoms with Gasteiger partial charge in [-0.15, -0.1) is 0 Å². The second-order valence-electron chi connectivity index (χ2n) is 14.5. The minimum atomic E-state index is -0.403. The first-order valence-electron chi connectivity index (χ1n) is 16.1. The van der Waals surface area contributed by atoms with Gasteiger partial charge in [-0.3, -0.25) is 0 Å². The summed E-state index contributed by atoms with van der Waals surface area (Å²) in [6.45, 7) is 12.1. The molecular weight excluding hydrogens is 468 g/mol. The van der Waals surface area contributed by atoms with Crippen molar-refractivity contribution >= 4 is 5.97 Å². The summed E-state index contributed by atoms with van der Waals surface area (Å²) in [4.78, 5) is 12.6. The van der Waals surface area contributed by atoms with Crippen molar-refractivity contribution in [2.75, 3.05) is 0 Å². The molecule has 1 N–H and O–H groups in total. The van der Waals surface area contributed by atoms with Gasteiger partial charge in [0, 0.05) is 0 Å². The standard InChI is InChI=1S/C35H54O3/c1-6-27(38-32(36)25-11-9-8-10-12-25)15-13-24(3)29-17-18-30-28-16-14-26-23-35(37,7-2)22-21-33(26,4)31(28)19-20-34(29,30)5/h8-12,24,26-31,37H,6-7,13-23H2,1-5H3/t24-,26+,27-,28+,29-,30+,31+,33+,34-,35+/m1/s1. The van der Waals surface area contributed by atoms with E-state index in [0.717, 1.165) is 62.2 Å². The van der Waals surface area contributed by atoms with Crippen LogP contribution in [0.4, 0.5) is 0 Å². The average molecular weight is 523 g/mol. The van der Waals surface area contributed by atoms with Gasteiger partial charge in [0.15, 0.2) is 0 Å². The predicted octanol–water partition coefficient (Wildman–Crippen LogP) is 8.84. The zero-order chi connectivity index (χ0) is 27.1. The summed E-state index contributed by atoms with van der Waals surface area (Å²) in [5.74, 6) is 4.61. The highest BCUT2D eigenvalue weighted by atomic mass is 16.5. The highest BCUT2D eigenvalue weighted by molar-refractivity contribution is 5.89. The Morgan fingerprint density at radius 1 is 0.947 bits per heavy atom. The first-order chi connectivity index (χ1) is 18.1. The minimum Gasteiger partial charge on any atom is -0.459 e. The van der Waals surface area contributed by atoms with Gasteiger partial charge in [-0.1, -0.05) is 52.8 Å². The van der Waals surface area contributed by atoms with E-state index in [2.05, 4.69) is 34.6 Å². The van der Waals surface area contributed by atoms with Gasteiger partial charge < -0.3 is 9.84 Å². The van der Waals surface area contributed by atoms with Crippen molar-refractivity contribution in [3.63, 3.8) is 0 Å². The van der Waals surface area contributed by atoms with Crippen LogP contribution in [-0.2, 0) is 4.74 Å². The lowest BCUT2D eigenvalue weighted by molar-refractivity contribution is -0.152. The predicted molar refractivity (Wildman–Crippen MR) is 155 cm³/mol. The molecule has 4 aliphatic rings. The number of benzene rings is 1. The van der Waals surface area contributed by atoms with Gasteiger partial charge in [-0.05, 0) is 142 Å². The monoisotopic (exact) mass is 522 g/mol. The van der Waals surface area contributed by atoms with E-state index in [9.17, 15) is 9.90 Å². The van der Waals surface area contributed by atoms with E-state index < -0.39 is 5.60 Å². The van der Waals surface area contributed by atoms with Gasteiger partial charge >= 0.3 is 5.97 Å². The summed E-state index contributed by atoms with van der Waals surface area (Å²) < 4.78 is 5.93. The Hall–Kier alpha value is -1.35. The average Bonchev–Trinajstić information content (AvgIpc) is 3.29. The van der Waals surface area contributed by atoms with Crippen LogP contribution in [0.5, 0.6) is 0 Å². The van der Waals surface area contributed by atoms with Crippen molar-refractivity contribution < 1.29 is 14.6 Å². The molecule has 10 atom stereocenters. The SMILES string of the molecule is CC[C@H](CC[C@@H](C)[C@H]1CC[C@H]2[C@@H]3CC[C@H]4C[C@](O)(CC)CC[C@]4(C)[C@H]3CC[C@]12C)OC(=O)c1ccccc1. The molecule has 0 heterocycles. The molecule has 3 nitrogen and oxygen atoms in total. The molecule has 0 aliphatic heterocycles. The number of fused-ring (bicyclic) bond motifs is 5. The Balaban J connectivity index is 1.21. The highest BCUT2D eigenvalue weighted by Gasteiger charge is 2.61. The zero-order valence-corrected chi connectivity index (χ0v) is 24.9. The Morgan fingerprint density at radius 3 is 2.39 bits per heavy atom. The fourth-order valence-corrected chi connectivity index (χ4v) is 10.4. The highest BCUT2D eigenvalue weighted by Crippen LogP contribution is 2.69. The summed E-state index contributed by atoms with van der Waals surface area (Å²) in [7, 11) is 0. The Kier molecular flexibility index (Phi) is 8.09. The van der Waals surface area contributed by atoms with Crippen LogP contribution in [0.2, 0.25) is 0 Å². The largest absolute Gasteiger partial charge is 0.459 e. The molecule has 4 fully saturated rings. The molecule has 0 aromatic heterocycles. The van der Waals surface area contributed by atoms with E-state index in [1.165, 1.54) is 44.9 Å². The van der Waals surface area contributed by atoms with Gasteiger partial charge in [-0.2, -0.15) is 0 Å². The summed E-state index contributed by atoms with van der Waals surface area (Å²) in [5, 5.41) is 11.1. The van der Waals surface area contributed by atoms with Crippen LogP contribution < -0.4 is 0 Å². The van der Waals surface area contributed by atoms with Crippen LogP contribution in [0, 0.1) is 46.3 Å². The molecule has 1 aromatic rings. The Bertz CT molecular complexity index is 959. The molecule has 0 saturated heterocycles. The molecule has 0 spiro atoms. The van der Waals surface area contributed by atoms with Gasteiger partial charge in [0.1, 0.15) is 6.10 Å². The van der Waals surface area contributed by atoms with Crippen LogP contribution >= 0.6 is 0 Å². The van der Waals surface area contributed by atoms with Gasteiger partial charge in [0.25, 0.3) is 0 Å². The van der Waals surface area contributed by atoms with Crippen LogP contribution in [0.15, 0.2) is 30.3 Å². The summed E-state index contributed by atoms with van der Waals surface area (Å²) in [6.07, 6.45) is 15.5.